The maximum atomic E-state index is 12.5. The highest BCUT2D eigenvalue weighted by Gasteiger charge is 2.12. The molecule has 25 heavy (non-hydrogen) atoms. The summed E-state index contributed by atoms with van der Waals surface area (Å²) in [7, 11) is 5.32. The summed E-state index contributed by atoms with van der Waals surface area (Å²) in [5.74, 6) is 0.0642. The number of amides is 1. The molecule has 130 valence electrons. The van der Waals surface area contributed by atoms with Gasteiger partial charge in [0, 0.05) is 40.1 Å². The van der Waals surface area contributed by atoms with Gasteiger partial charge in [0.25, 0.3) is 0 Å². The Morgan fingerprint density at radius 1 is 1.04 bits per heavy atom. The predicted octanol–water partition coefficient (Wildman–Crippen LogP) is 1.52. The Morgan fingerprint density at radius 3 is 2.44 bits per heavy atom. The minimum Gasteiger partial charge on any atom is -0.345 e. The Hall–Kier alpha value is -2.89. The highest BCUT2D eigenvalue weighted by molar-refractivity contribution is 5.82. The molecule has 0 N–H and O–H groups in total. The molecule has 0 atom stereocenters. The van der Waals surface area contributed by atoms with E-state index in [1.807, 2.05) is 37.4 Å². The Bertz CT molecular complexity index is 957. The molecule has 3 rings (SSSR count). The summed E-state index contributed by atoms with van der Waals surface area (Å²) in [6, 6.07) is 9.66. The van der Waals surface area contributed by atoms with E-state index in [-0.39, 0.29) is 11.6 Å². The van der Waals surface area contributed by atoms with Crippen LogP contribution in [0.2, 0.25) is 0 Å². The fourth-order valence-corrected chi connectivity index (χ4v) is 2.94. The van der Waals surface area contributed by atoms with Crippen LogP contribution in [0.1, 0.15) is 11.1 Å². The van der Waals surface area contributed by atoms with E-state index in [0.717, 1.165) is 28.6 Å². The third-order valence-corrected chi connectivity index (χ3v) is 4.60. The zero-order valence-electron chi connectivity index (χ0n) is 14.8. The Balaban J connectivity index is 1.69. The van der Waals surface area contributed by atoms with Crippen molar-refractivity contribution < 1.29 is 4.79 Å². The van der Waals surface area contributed by atoms with Crippen molar-refractivity contribution in [2.45, 2.75) is 12.8 Å². The van der Waals surface area contributed by atoms with Gasteiger partial charge in [-0.15, -0.1) is 0 Å². The van der Waals surface area contributed by atoms with Gasteiger partial charge in [-0.2, -0.15) is 0 Å². The van der Waals surface area contributed by atoms with Crippen molar-refractivity contribution in [1.29, 1.82) is 0 Å². The first-order valence-corrected chi connectivity index (χ1v) is 8.24. The number of aromatic nitrogens is 3. The number of carbonyl (C=O) groups is 1. The van der Waals surface area contributed by atoms with E-state index < -0.39 is 0 Å². The molecular formula is C19H22N4O2. The van der Waals surface area contributed by atoms with E-state index in [2.05, 4.69) is 4.98 Å². The number of aryl methyl sites for hydroxylation is 2. The van der Waals surface area contributed by atoms with E-state index in [1.165, 1.54) is 0 Å². The maximum Gasteiger partial charge on any atom is 0.328 e. The number of fused-ring (bicyclic) bond motifs is 1. The molecule has 0 saturated heterocycles. The molecule has 2 heterocycles. The zero-order valence-corrected chi connectivity index (χ0v) is 14.8. The Morgan fingerprint density at radius 2 is 1.72 bits per heavy atom. The lowest BCUT2D eigenvalue weighted by molar-refractivity contribution is -0.129. The molecule has 0 bridgehead atoms. The number of benzene rings is 1. The van der Waals surface area contributed by atoms with E-state index in [9.17, 15) is 9.59 Å². The number of pyridine rings is 1. The van der Waals surface area contributed by atoms with Gasteiger partial charge in [0.15, 0.2) is 0 Å². The molecule has 0 aliphatic carbocycles. The summed E-state index contributed by atoms with van der Waals surface area (Å²) in [6.45, 7) is 0.662. The van der Waals surface area contributed by atoms with Crippen LogP contribution in [0.5, 0.6) is 0 Å². The van der Waals surface area contributed by atoms with E-state index in [0.29, 0.717) is 13.0 Å². The van der Waals surface area contributed by atoms with Crippen molar-refractivity contribution in [2.24, 2.45) is 14.1 Å². The molecule has 0 spiro atoms. The highest BCUT2D eigenvalue weighted by Crippen LogP contribution is 2.15. The molecule has 3 aromatic rings. The number of imidazole rings is 1. The lowest BCUT2D eigenvalue weighted by Crippen LogP contribution is -2.30. The molecule has 0 saturated carbocycles. The lowest BCUT2D eigenvalue weighted by Gasteiger charge is -2.17. The van der Waals surface area contributed by atoms with Crippen molar-refractivity contribution in [2.75, 3.05) is 13.6 Å². The van der Waals surface area contributed by atoms with Crippen LogP contribution in [0.3, 0.4) is 0 Å². The van der Waals surface area contributed by atoms with Gasteiger partial charge in [-0.1, -0.05) is 6.07 Å². The first-order valence-electron chi connectivity index (χ1n) is 8.24. The van der Waals surface area contributed by atoms with Crippen LogP contribution in [0.15, 0.2) is 47.5 Å². The van der Waals surface area contributed by atoms with Crippen molar-refractivity contribution >= 4 is 16.9 Å². The second kappa shape index (κ2) is 6.93. The number of likely N-dealkylation sites (N-methyl/N-ethyl adjacent to an activating group) is 1. The van der Waals surface area contributed by atoms with Crippen LogP contribution in [-0.2, 0) is 31.7 Å². The van der Waals surface area contributed by atoms with E-state index >= 15 is 0 Å². The monoisotopic (exact) mass is 338 g/mol. The van der Waals surface area contributed by atoms with E-state index in [1.54, 1.807) is 40.5 Å². The number of nitrogens with zero attached hydrogens (tertiary/aromatic N) is 4. The average molecular weight is 338 g/mol. The van der Waals surface area contributed by atoms with Crippen molar-refractivity contribution in [1.82, 2.24) is 19.0 Å². The summed E-state index contributed by atoms with van der Waals surface area (Å²) >= 11 is 0. The predicted molar refractivity (Wildman–Crippen MR) is 97.4 cm³/mol. The summed E-state index contributed by atoms with van der Waals surface area (Å²) < 4.78 is 3.22. The summed E-state index contributed by atoms with van der Waals surface area (Å²) in [5, 5.41) is 0. The molecule has 0 aliphatic heterocycles. The average Bonchev–Trinajstić information content (AvgIpc) is 2.84. The van der Waals surface area contributed by atoms with Gasteiger partial charge in [0.2, 0.25) is 5.91 Å². The fourth-order valence-electron chi connectivity index (χ4n) is 2.94. The lowest BCUT2D eigenvalue weighted by atomic mass is 10.1. The summed E-state index contributed by atoms with van der Waals surface area (Å²) in [4.78, 5) is 30.2. The van der Waals surface area contributed by atoms with Crippen LogP contribution in [0.4, 0.5) is 0 Å². The fraction of sp³-hybridized carbons (Fsp3) is 0.316. The van der Waals surface area contributed by atoms with Crippen molar-refractivity contribution in [3.8, 4) is 0 Å². The van der Waals surface area contributed by atoms with Crippen LogP contribution in [0, 0.1) is 0 Å². The second-order valence-corrected chi connectivity index (χ2v) is 6.32. The molecule has 0 unspecified atom stereocenters. The summed E-state index contributed by atoms with van der Waals surface area (Å²) in [6.07, 6.45) is 4.65. The quantitative estimate of drug-likeness (QED) is 0.709. The van der Waals surface area contributed by atoms with Crippen LogP contribution >= 0.6 is 0 Å². The van der Waals surface area contributed by atoms with E-state index in [4.69, 9.17) is 0 Å². The third-order valence-electron chi connectivity index (χ3n) is 4.60. The van der Waals surface area contributed by atoms with Crippen LogP contribution < -0.4 is 5.69 Å². The minimum atomic E-state index is -0.0621. The van der Waals surface area contributed by atoms with Gasteiger partial charge in [-0.25, -0.2) is 4.79 Å². The van der Waals surface area contributed by atoms with Crippen molar-refractivity contribution in [3.63, 3.8) is 0 Å². The molecule has 6 heteroatoms. The number of hydrogen-bond donors (Lipinski definition) is 0. The first kappa shape index (κ1) is 17.0. The topological polar surface area (TPSA) is 60.1 Å². The normalized spacial score (nSPS) is 11.0. The Labute approximate surface area is 146 Å². The standard InChI is InChI=1S/C19H22N4O2/c1-21(11-8-14-6-9-20-10-7-14)18(24)13-15-4-5-16-17(12-15)23(3)19(25)22(16)2/h4-7,9-10,12H,8,11,13H2,1-3H3. The number of carbonyl (C=O) groups excluding carboxylic acids is 1. The zero-order chi connectivity index (χ0) is 18.0. The van der Waals surface area contributed by atoms with Gasteiger partial charge in [0.1, 0.15) is 0 Å². The second-order valence-electron chi connectivity index (χ2n) is 6.32. The number of hydrogen-bond acceptors (Lipinski definition) is 3. The highest BCUT2D eigenvalue weighted by atomic mass is 16.2. The third kappa shape index (κ3) is 3.47. The summed E-state index contributed by atoms with van der Waals surface area (Å²) in [5.41, 5.74) is 3.73. The van der Waals surface area contributed by atoms with Gasteiger partial charge in [-0.05, 0) is 41.8 Å². The Kier molecular flexibility index (Phi) is 4.70. The first-order chi connectivity index (χ1) is 12.0. The molecule has 0 radical (unpaired) electrons. The van der Waals surface area contributed by atoms with Gasteiger partial charge in [-0.3, -0.25) is 18.9 Å². The maximum absolute atomic E-state index is 12.5. The molecule has 1 amide bonds. The van der Waals surface area contributed by atoms with Gasteiger partial charge >= 0.3 is 5.69 Å². The molecule has 1 aromatic carbocycles. The smallest absolute Gasteiger partial charge is 0.328 e. The minimum absolute atomic E-state index is 0.0621. The van der Waals surface area contributed by atoms with Crippen molar-refractivity contribution in [3.05, 3.63) is 64.3 Å². The van der Waals surface area contributed by atoms with Crippen LogP contribution in [0.25, 0.3) is 11.0 Å². The van der Waals surface area contributed by atoms with Gasteiger partial charge < -0.3 is 4.90 Å². The number of rotatable bonds is 5. The van der Waals surface area contributed by atoms with Gasteiger partial charge in [0.05, 0.1) is 17.5 Å². The van der Waals surface area contributed by atoms with Crippen LogP contribution in [-0.4, -0.2) is 38.5 Å². The SMILES string of the molecule is CN(CCc1ccncc1)C(=O)Cc1ccc2c(c1)n(C)c(=O)n2C. The molecule has 2 aromatic heterocycles. The molecule has 0 fully saturated rings. The molecular weight excluding hydrogens is 316 g/mol. The largest absolute Gasteiger partial charge is 0.345 e. The molecule has 6 nitrogen and oxygen atoms in total. The molecule has 0 aliphatic rings.